The number of pyridine rings is 2. The van der Waals surface area contributed by atoms with Gasteiger partial charge in [-0.2, -0.15) is 0 Å². The highest BCUT2D eigenvalue weighted by molar-refractivity contribution is 7.26. The minimum absolute atomic E-state index is 0.903. The number of thiophene rings is 1. The Balaban J connectivity index is 1.53. The lowest BCUT2D eigenvalue weighted by Gasteiger charge is -2.00. The summed E-state index contributed by atoms with van der Waals surface area (Å²) in [5.74, 6) is 0. The zero-order valence-electron chi connectivity index (χ0n) is 14.8. The SMILES string of the molecule is c1ccc(-c2ccc3c(c2)oc2c4ccc(-c5ccccn5)cc4sc32)nc1. The van der Waals surface area contributed by atoms with Gasteiger partial charge in [-0.3, -0.25) is 9.97 Å². The Kier molecular flexibility index (Phi) is 3.34. The van der Waals surface area contributed by atoms with Crippen molar-refractivity contribution >= 4 is 42.7 Å². The highest BCUT2D eigenvalue weighted by atomic mass is 32.1. The summed E-state index contributed by atoms with van der Waals surface area (Å²) >= 11 is 1.77. The molecule has 0 aliphatic carbocycles. The van der Waals surface area contributed by atoms with Crippen molar-refractivity contribution in [2.45, 2.75) is 0 Å². The number of hydrogen-bond donors (Lipinski definition) is 0. The second-order valence-corrected chi connectivity index (χ2v) is 7.77. The van der Waals surface area contributed by atoms with Crippen LogP contribution in [0.1, 0.15) is 0 Å². The lowest BCUT2D eigenvalue weighted by Crippen LogP contribution is -1.81. The van der Waals surface area contributed by atoms with E-state index in [1.165, 1.54) is 9.40 Å². The van der Waals surface area contributed by atoms with Crippen LogP contribution in [0.4, 0.5) is 0 Å². The molecule has 0 spiro atoms. The third-order valence-electron chi connectivity index (χ3n) is 5.00. The molecular weight excluding hydrogens is 364 g/mol. The van der Waals surface area contributed by atoms with E-state index in [0.29, 0.717) is 0 Å². The Labute approximate surface area is 164 Å². The van der Waals surface area contributed by atoms with Crippen LogP contribution in [0, 0.1) is 0 Å². The standard InChI is InChI=1S/C24H14N2OS/c1-3-11-25-19(5-1)15-7-9-17-21(13-15)27-23-18-10-8-16(14-22(18)28-24(17)23)20-6-2-4-12-26-20/h1-14H. The molecule has 0 N–H and O–H groups in total. The highest BCUT2D eigenvalue weighted by Crippen LogP contribution is 2.42. The summed E-state index contributed by atoms with van der Waals surface area (Å²) < 4.78 is 8.69. The summed E-state index contributed by atoms with van der Waals surface area (Å²) in [7, 11) is 0. The summed E-state index contributed by atoms with van der Waals surface area (Å²) in [4.78, 5) is 8.90. The van der Waals surface area contributed by atoms with Crippen LogP contribution >= 0.6 is 11.3 Å². The topological polar surface area (TPSA) is 38.9 Å². The molecule has 0 aliphatic rings. The fourth-order valence-electron chi connectivity index (χ4n) is 3.64. The van der Waals surface area contributed by atoms with E-state index in [-0.39, 0.29) is 0 Å². The van der Waals surface area contributed by atoms with Crippen LogP contribution in [0.3, 0.4) is 0 Å². The van der Waals surface area contributed by atoms with Crippen LogP contribution in [0.5, 0.6) is 0 Å². The Morgan fingerprint density at radius 2 is 1.36 bits per heavy atom. The summed E-state index contributed by atoms with van der Waals surface area (Å²) in [6.07, 6.45) is 3.64. The van der Waals surface area contributed by atoms with Gasteiger partial charge in [-0.1, -0.05) is 24.3 Å². The first-order chi connectivity index (χ1) is 13.9. The maximum atomic E-state index is 6.28. The van der Waals surface area contributed by atoms with Gasteiger partial charge in [0.15, 0.2) is 5.58 Å². The van der Waals surface area contributed by atoms with Gasteiger partial charge in [-0.15, -0.1) is 11.3 Å². The van der Waals surface area contributed by atoms with Gasteiger partial charge in [0.25, 0.3) is 0 Å². The summed E-state index contributed by atoms with van der Waals surface area (Å²) in [6.45, 7) is 0. The Morgan fingerprint density at radius 3 is 2.04 bits per heavy atom. The van der Waals surface area contributed by atoms with E-state index in [1.807, 2.05) is 48.8 Å². The predicted octanol–water partition coefficient (Wildman–Crippen LogP) is 6.92. The van der Waals surface area contributed by atoms with E-state index >= 15 is 0 Å². The van der Waals surface area contributed by atoms with Gasteiger partial charge < -0.3 is 4.42 Å². The molecule has 28 heavy (non-hydrogen) atoms. The molecule has 6 rings (SSSR count). The molecule has 0 fully saturated rings. The first-order valence-electron chi connectivity index (χ1n) is 9.08. The summed E-state index contributed by atoms with van der Waals surface area (Å²) in [5.41, 5.74) is 5.99. The average molecular weight is 378 g/mol. The van der Waals surface area contributed by atoms with Crippen LogP contribution in [0.15, 0.2) is 89.6 Å². The van der Waals surface area contributed by atoms with Crippen LogP contribution < -0.4 is 0 Å². The minimum atomic E-state index is 0.903. The first kappa shape index (κ1) is 15.5. The Morgan fingerprint density at radius 1 is 0.679 bits per heavy atom. The molecule has 0 radical (unpaired) electrons. The van der Waals surface area contributed by atoms with E-state index in [4.69, 9.17) is 4.42 Å². The van der Waals surface area contributed by atoms with E-state index in [0.717, 1.165) is 44.5 Å². The third-order valence-corrected chi connectivity index (χ3v) is 6.17. The molecule has 4 aromatic heterocycles. The van der Waals surface area contributed by atoms with Gasteiger partial charge in [0.2, 0.25) is 0 Å². The van der Waals surface area contributed by atoms with Gasteiger partial charge in [0.05, 0.1) is 16.1 Å². The number of hydrogen-bond acceptors (Lipinski definition) is 4. The van der Waals surface area contributed by atoms with Crippen molar-refractivity contribution in [3.8, 4) is 22.5 Å². The number of aromatic nitrogens is 2. The van der Waals surface area contributed by atoms with Gasteiger partial charge in [-0.25, -0.2) is 0 Å². The molecule has 0 bridgehead atoms. The van der Waals surface area contributed by atoms with Crippen LogP contribution in [0.2, 0.25) is 0 Å². The minimum Gasteiger partial charge on any atom is -0.454 e. The van der Waals surface area contributed by atoms with Crippen molar-refractivity contribution in [3.05, 3.63) is 85.2 Å². The lowest BCUT2D eigenvalue weighted by atomic mass is 10.1. The summed E-state index contributed by atoms with van der Waals surface area (Å²) in [6, 6.07) is 24.7. The molecule has 2 aromatic carbocycles. The molecule has 0 atom stereocenters. The summed E-state index contributed by atoms with van der Waals surface area (Å²) in [5, 5.41) is 2.30. The molecule has 4 heterocycles. The average Bonchev–Trinajstić information content (AvgIpc) is 3.30. The second-order valence-electron chi connectivity index (χ2n) is 6.71. The van der Waals surface area contributed by atoms with E-state index in [9.17, 15) is 0 Å². The quantitative estimate of drug-likeness (QED) is 0.328. The normalized spacial score (nSPS) is 11.6. The maximum Gasteiger partial charge on any atom is 0.154 e. The van der Waals surface area contributed by atoms with Crippen molar-refractivity contribution in [3.63, 3.8) is 0 Å². The van der Waals surface area contributed by atoms with Gasteiger partial charge in [-0.05, 0) is 48.5 Å². The van der Waals surface area contributed by atoms with Crippen molar-refractivity contribution < 1.29 is 4.42 Å². The van der Waals surface area contributed by atoms with Gasteiger partial charge in [0.1, 0.15) is 5.58 Å². The van der Waals surface area contributed by atoms with Crippen LogP contribution in [-0.2, 0) is 0 Å². The second kappa shape index (κ2) is 6.01. The fraction of sp³-hybridized carbons (Fsp3) is 0. The maximum absolute atomic E-state index is 6.28. The number of nitrogens with zero attached hydrogens (tertiary/aromatic N) is 2. The molecular formula is C24H14N2OS. The predicted molar refractivity (Wildman–Crippen MR) is 116 cm³/mol. The van der Waals surface area contributed by atoms with E-state index in [1.54, 1.807) is 11.3 Å². The lowest BCUT2D eigenvalue weighted by molar-refractivity contribution is 0.673. The fourth-order valence-corrected chi connectivity index (χ4v) is 4.84. The molecule has 0 amide bonds. The van der Waals surface area contributed by atoms with Crippen LogP contribution in [-0.4, -0.2) is 9.97 Å². The third kappa shape index (κ3) is 2.35. The number of furan rings is 1. The van der Waals surface area contributed by atoms with Gasteiger partial charge in [0, 0.05) is 39.0 Å². The van der Waals surface area contributed by atoms with Crippen molar-refractivity contribution in [1.29, 1.82) is 0 Å². The zero-order chi connectivity index (χ0) is 18.5. The molecule has 0 saturated heterocycles. The molecule has 0 aliphatic heterocycles. The Hall–Kier alpha value is -3.50. The number of benzene rings is 2. The first-order valence-corrected chi connectivity index (χ1v) is 9.90. The largest absolute Gasteiger partial charge is 0.454 e. The van der Waals surface area contributed by atoms with Crippen molar-refractivity contribution in [2.24, 2.45) is 0 Å². The molecule has 0 saturated carbocycles. The molecule has 0 unspecified atom stereocenters. The van der Waals surface area contributed by atoms with Crippen molar-refractivity contribution in [2.75, 3.05) is 0 Å². The monoisotopic (exact) mass is 378 g/mol. The van der Waals surface area contributed by atoms with Gasteiger partial charge >= 0.3 is 0 Å². The van der Waals surface area contributed by atoms with Crippen LogP contribution in [0.25, 0.3) is 53.9 Å². The van der Waals surface area contributed by atoms with Crippen molar-refractivity contribution in [1.82, 2.24) is 9.97 Å². The molecule has 132 valence electrons. The smallest absolute Gasteiger partial charge is 0.154 e. The Bertz CT molecular complexity index is 1340. The molecule has 6 aromatic rings. The zero-order valence-corrected chi connectivity index (χ0v) is 15.6. The number of rotatable bonds is 2. The number of fused-ring (bicyclic) bond motifs is 5. The highest BCUT2D eigenvalue weighted by Gasteiger charge is 2.15. The van der Waals surface area contributed by atoms with E-state index < -0.39 is 0 Å². The molecule has 3 nitrogen and oxygen atoms in total. The molecule has 4 heteroatoms. The van der Waals surface area contributed by atoms with E-state index in [2.05, 4.69) is 46.4 Å².